The summed E-state index contributed by atoms with van der Waals surface area (Å²) in [4.78, 5) is 72.8. The van der Waals surface area contributed by atoms with Crippen LogP contribution in [-0.4, -0.2) is 96.7 Å². The van der Waals surface area contributed by atoms with Gasteiger partial charge in [-0.1, -0.05) is 344 Å². The van der Waals surface area contributed by atoms with Gasteiger partial charge in [0.2, 0.25) is 0 Å². The average molecular weight is 1410 g/mol. The second-order valence-corrected chi connectivity index (χ2v) is 32.1. The molecule has 570 valence electrons. The minimum atomic E-state index is -4.96. The first-order valence-electron chi connectivity index (χ1n) is 39.8. The van der Waals surface area contributed by atoms with E-state index < -0.39 is 97.5 Å². The van der Waals surface area contributed by atoms with Crippen LogP contribution in [0.4, 0.5) is 0 Å². The highest BCUT2D eigenvalue weighted by atomic mass is 31.2. The van der Waals surface area contributed by atoms with Gasteiger partial charge in [-0.15, -0.1) is 0 Å². The van der Waals surface area contributed by atoms with Gasteiger partial charge >= 0.3 is 39.5 Å². The molecule has 96 heavy (non-hydrogen) atoms. The van der Waals surface area contributed by atoms with Crippen molar-refractivity contribution in [2.75, 3.05) is 39.6 Å². The van der Waals surface area contributed by atoms with Gasteiger partial charge in [0.15, 0.2) is 12.2 Å². The van der Waals surface area contributed by atoms with Crippen molar-refractivity contribution >= 4 is 39.5 Å². The first kappa shape index (κ1) is 94.1. The molecule has 0 aromatic heterocycles. The molecule has 0 aliphatic rings. The Morgan fingerprint density at radius 1 is 0.281 bits per heavy atom. The highest BCUT2D eigenvalue weighted by Crippen LogP contribution is 2.45. The summed E-state index contributed by atoms with van der Waals surface area (Å²) in [5, 5.41) is 10.6. The van der Waals surface area contributed by atoms with Crippen molar-refractivity contribution in [1.82, 2.24) is 0 Å². The Labute approximate surface area is 588 Å². The number of aliphatic hydroxyl groups is 1. The summed E-state index contributed by atoms with van der Waals surface area (Å²) in [7, 11) is -9.91. The van der Waals surface area contributed by atoms with Gasteiger partial charge in [-0.2, -0.15) is 0 Å². The van der Waals surface area contributed by atoms with Crippen LogP contribution in [0.1, 0.15) is 395 Å². The first-order chi connectivity index (χ1) is 46.2. The molecule has 0 aromatic carbocycles. The van der Waals surface area contributed by atoms with Crippen molar-refractivity contribution in [3.63, 3.8) is 0 Å². The predicted molar refractivity (Wildman–Crippen MR) is 391 cm³/mol. The van der Waals surface area contributed by atoms with Crippen LogP contribution in [-0.2, 0) is 65.4 Å². The first-order valence-corrected chi connectivity index (χ1v) is 42.8. The monoisotopic (exact) mass is 1410 g/mol. The third kappa shape index (κ3) is 70.5. The summed E-state index contributed by atoms with van der Waals surface area (Å²) < 4.78 is 68.5. The molecule has 19 heteroatoms. The molecule has 17 nitrogen and oxygen atoms in total. The normalized spacial score (nSPS) is 14.1. The minimum absolute atomic E-state index is 0.105. The molecule has 0 spiro atoms. The minimum Gasteiger partial charge on any atom is -0.462 e. The zero-order valence-electron chi connectivity index (χ0n) is 62.8. The lowest BCUT2D eigenvalue weighted by molar-refractivity contribution is -0.161. The lowest BCUT2D eigenvalue weighted by Crippen LogP contribution is -2.30. The Morgan fingerprint density at radius 2 is 0.479 bits per heavy atom. The molecule has 0 heterocycles. The van der Waals surface area contributed by atoms with Crippen LogP contribution in [0.3, 0.4) is 0 Å². The largest absolute Gasteiger partial charge is 0.472 e. The van der Waals surface area contributed by atoms with Crippen LogP contribution in [0, 0.1) is 17.8 Å². The number of carbonyl (C=O) groups excluding carboxylic acids is 4. The summed E-state index contributed by atoms with van der Waals surface area (Å²) in [5.74, 6) is 0.0693. The Hall–Kier alpha value is -1.94. The van der Waals surface area contributed by atoms with E-state index in [9.17, 15) is 43.2 Å². The second kappa shape index (κ2) is 67.5. The van der Waals surface area contributed by atoms with Gasteiger partial charge in [-0.25, -0.2) is 9.13 Å². The third-order valence-electron chi connectivity index (χ3n) is 17.9. The number of hydrogen-bond donors (Lipinski definition) is 3. The van der Waals surface area contributed by atoms with Crippen LogP contribution in [0.2, 0.25) is 0 Å². The van der Waals surface area contributed by atoms with E-state index in [0.717, 1.165) is 108 Å². The fourth-order valence-corrected chi connectivity index (χ4v) is 13.4. The number of ether oxygens (including phenoxy) is 4. The van der Waals surface area contributed by atoms with Gasteiger partial charge < -0.3 is 33.8 Å². The number of esters is 4. The highest BCUT2D eigenvalue weighted by molar-refractivity contribution is 7.47. The van der Waals surface area contributed by atoms with Gasteiger partial charge in [0, 0.05) is 25.7 Å². The highest BCUT2D eigenvalue weighted by Gasteiger charge is 2.30. The molecule has 0 radical (unpaired) electrons. The maximum atomic E-state index is 13.1. The molecule has 0 aliphatic carbocycles. The number of phosphoric acid groups is 2. The molecule has 0 saturated heterocycles. The Balaban J connectivity index is 5.20. The molecule has 0 fully saturated rings. The van der Waals surface area contributed by atoms with E-state index in [1.165, 1.54) is 199 Å². The molecule has 0 bridgehead atoms. The third-order valence-corrected chi connectivity index (χ3v) is 19.8. The smallest absolute Gasteiger partial charge is 0.462 e. The fraction of sp³-hybridized carbons (Fsp3) is 0.948. The van der Waals surface area contributed by atoms with E-state index in [4.69, 9.17) is 37.0 Å². The number of phosphoric ester groups is 2. The van der Waals surface area contributed by atoms with Gasteiger partial charge in [0.25, 0.3) is 0 Å². The quantitative estimate of drug-likeness (QED) is 0.0222. The van der Waals surface area contributed by atoms with Crippen LogP contribution < -0.4 is 0 Å². The molecule has 0 rings (SSSR count). The number of unbranched alkanes of at least 4 members (excludes halogenated alkanes) is 43. The van der Waals surface area contributed by atoms with Crippen LogP contribution in [0.15, 0.2) is 0 Å². The maximum Gasteiger partial charge on any atom is 0.472 e. The summed E-state index contributed by atoms with van der Waals surface area (Å²) in [6, 6.07) is 0. The van der Waals surface area contributed by atoms with Crippen molar-refractivity contribution in [3.05, 3.63) is 0 Å². The lowest BCUT2D eigenvalue weighted by atomic mass is 10.0. The topological polar surface area (TPSA) is 237 Å². The van der Waals surface area contributed by atoms with Gasteiger partial charge in [0.05, 0.1) is 26.4 Å². The van der Waals surface area contributed by atoms with E-state index in [1.54, 1.807) is 0 Å². The summed E-state index contributed by atoms with van der Waals surface area (Å²) in [5.41, 5.74) is 0. The van der Waals surface area contributed by atoms with E-state index in [2.05, 4.69) is 48.5 Å². The summed E-state index contributed by atoms with van der Waals surface area (Å²) in [6.07, 6.45) is 54.4. The maximum absolute atomic E-state index is 13.1. The second-order valence-electron chi connectivity index (χ2n) is 29.2. The average Bonchev–Trinajstić information content (AvgIpc) is 1.07. The van der Waals surface area contributed by atoms with Crippen molar-refractivity contribution in [3.8, 4) is 0 Å². The molecule has 3 N–H and O–H groups in total. The molecule has 0 aliphatic heterocycles. The zero-order valence-corrected chi connectivity index (χ0v) is 64.6. The Morgan fingerprint density at radius 3 is 0.708 bits per heavy atom. The van der Waals surface area contributed by atoms with Crippen molar-refractivity contribution in [2.45, 2.75) is 414 Å². The number of hydrogen-bond acceptors (Lipinski definition) is 15. The van der Waals surface area contributed by atoms with Crippen molar-refractivity contribution in [1.29, 1.82) is 0 Å². The van der Waals surface area contributed by atoms with Gasteiger partial charge in [0.1, 0.15) is 19.3 Å². The Kier molecular flexibility index (Phi) is 66.2. The lowest BCUT2D eigenvalue weighted by Gasteiger charge is -2.21. The SMILES string of the molecule is CCCCCCCCCCCCCCCCCCCCCCCC(=O)O[C@H](COC(=O)CCCCCCCCCCCCC(C)C)COP(=O)(O)OC[C@@H](O)COP(=O)(O)OC[C@@H](COC(=O)CCCCCCCCC(C)C)OC(=O)CCCCCCCCCCCCC(C)C. The molecule has 0 amide bonds. The van der Waals surface area contributed by atoms with Gasteiger partial charge in [-0.05, 0) is 43.4 Å². The molecular weight excluding hydrogens is 1260 g/mol. The Bertz CT molecular complexity index is 1870. The zero-order chi connectivity index (χ0) is 70.9. The number of rotatable bonds is 75. The van der Waals surface area contributed by atoms with Crippen molar-refractivity contribution < 1.29 is 80.2 Å². The van der Waals surface area contributed by atoms with Gasteiger partial charge in [-0.3, -0.25) is 37.3 Å². The molecular formula is C77H150O17P2. The van der Waals surface area contributed by atoms with Crippen LogP contribution >= 0.6 is 15.6 Å². The molecule has 0 aromatic rings. The van der Waals surface area contributed by atoms with E-state index in [-0.39, 0.29) is 25.7 Å². The van der Waals surface area contributed by atoms with Crippen molar-refractivity contribution in [2.24, 2.45) is 17.8 Å². The van der Waals surface area contributed by atoms with E-state index in [0.29, 0.717) is 31.6 Å². The number of aliphatic hydroxyl groups excluding tert-OH is 1. The molecule has 2 unspecified atom stereocenters. The predicted octanol–water partition coefficient (Wildman–Crippen LogP) is 22.6. The van der Waals surface area contributed by atoms with Crippen LogP contribution in [0.25, 0.3) is 0 Å². The summed E-state index contributed by atoms with van der Waals surface area (Å²) >= 11 is 0. The fourth-order valence-electron chi connectivity index (χ4n) is 11.8. The van der Waals surface area contributed by atoms with Crippen LogP contribution in [0.5, 0.6) is 0 Å². The molecule has 5 atom stereocenters. The standard InChI is InChI=1S/C77H150O17P2/c1-8-9-10-11-12-13-14-15-16-17-18-19-20-21-22-23-24-32-37-46-53-60-76(81)93-72(64-87-74(79)58-51-44-36-31-27-25-29-34-41-48-55-68(2)3)66-91-95(83,84)89-62-71(78)63-90-96(85,86)92-67-73(65-88-75(80)59-52-45-40-39-43-50-57-70(6)7)94-77(82)61-54-47-38-33-28-26-30-35-42-49-56-69(4)5/h68-73,78H,8-67H2,1-7H3,(H,83,84)(H,85,86)/t71-,72-,73-/m1/s1. The summed E-state index contributed by atoms with van der Waals surface area (Å²) in [6.45, 7) is 11.8. The number of carbonyl (C=O) groups is 4. The molecule has 0 saturated carbocycles. The van der Waals surface area contributed by atoms with E-state index in [1.807, 2.05) is 0 Å². The van der Waals surface area contributed by atoms with E-state index >= 15 is 0 Å².